The van der Waals surface area contributed by atoms with Gasteiger partial charge in [-0.05, 0) is 12.1 Å². The molecule has 3 amide bonds. The number of amides is 3. The van der Waals surface area contributed by atoms with Gasteiger partial charge in [0.05, 0.1) is 13.0 Å². The van der Waals surface area contributed by atoms with Gasteiger partial charge in [-0.15, -0.1) is 0 Å². The van der Waals surface area contributed by atoms with Gasteiger partial charge in [-0.2, -0.15) is 0 Å². The maximum atomic E-state index is 11.7. The topological polar surface area (TPSA) is 107 Å². The third-order valence-corrected chi connectivity index (χ3v) is 3.50. The summed E-state index contributed by atoms with van der Waals surface area (Å²) in [7, 11) is 1.50. The first-order valence-electron chi connectivity index (χ1n) is 8.45. The van der Waals surface area contributed by atoms with Gasteiger partial charge < -0.3 is 19.2 Å². The SMILES string of the molecule is COCCNC(=O)NC(=O)COC(=O)CCc1ccc(-c2ccccc2)o1. The van der Waals surface area contributed by atoms with Crippen LogP contribution in [-0.4, -0.2) is 44.8 Å². The lowest BCUT2D eigenvalue weighted by atomic mass is 10.2. The number of urea groups is 1. The zero-order valence-electron chi connectivity index (χ0n) is 15.0. The maximum Gasteiger partial charge on any atom is 0.321 e. The lowest BCUT2D eigenvalue weighted by Crippen LogP contribution is -2.42. The van der Waals surface area contributed by atoms with Gasteiger partial charge in [0.25, 0.3) is 5.91 Å². The Hall–Kier alpha value is -3.13. The quantitative estimate of drug-likeness (QED) is 0.513. The van der Waals surface area contributed by atoms with Gasteiger partial charge in [0.1, 0.15) is 11.5 Å². The number of aryl methyl sites for hydroxylation is 1. The molecule has 1 aromatic carbocycles. The third kappa shape index (κ3) is 7.33. The smallest absolute Gasteiger partial charge is 0.321 e. The molecular formula is C19H22N2O6. The van der Waals surface area contributed by atoms with Gasteiger partial charge in [0.15, 0.2) is 6.61 Å². The molecule has 8 heteroatoms. The Kier molecular flexibility index (Phi) is 8.05. The van der Waals surface area contributed by atoms with Gasteiger partial charge in [0, 0.05) is 25.6 Å². The van der Waals surface area contributed by atoms with Gasteiger partial charge in [0.2, 0.25) is 0 Å². The van der Waals surface area contributed by atoms with Crippen molar-refractivity contribution in [2.45, 2.75) is 12.8 Å². The normalized spacial score (nSPS) is 10.3. The number of rotatable bonds is 9. The molecule has 0 aliphatic rings. The van der Waals surface area contributed by atoms with E-state index in [1.165, 1.54) is 7.11 Å². The molecule has 1 aromatic heterocycles. The average molecular weight is 374 g/mol. The Labute approximate surface area is 156 Å². The third-order valence-electron chi connectivity index (χ3n) is 3.50. The molecule has 0 saturated heterocycles. The van der Waals surface area contributed by atoms with Crippen LogP contribution >= 0.6 is 0 Å². The predicted octanol–water partition coefficient (Wildman–Crippen LogP) is 1.89. The highest BCUT2D eigenvalue weighted by atomic mass is 16.5. The summed E-state index contributed by atoms with van der Waals surface area (Å²) in [5.74, 6) is 0.107. The van der Waals surface area contributed by atoms with Crippen LogP contribution in [0.4, 0.5) is 4.79 Å². The summed E-state index contributed by atoms with van der Waals surface area (Å²) in [5, 5.41) is 4.47. The summed E-state index contributed by atoms with van der Waals surface area (Å²) in [6.07, 6.45) is 0.417. The second-order valence-electron chi connectivity index (χ2n) is 5.59. The number of esters is 1. The van der Waals surface area contributed by atoms with E-state index < -0.39 is 24.5 Å². The van der Waals surface area contributed by atoms with E-state index >= 15 is 0 Å². The van der Waals surface area contributed by atoms with Crippen LogP contribution in [0.2, 0.25) is 0 Å². The Morgan fingerprint density at radius 2 is 1.85 bits per heavy atom. The summed E-state index contributed by atoms with van der Waals surface area (Å²) in [6.45, 7) is 0.0723. The Morgan fingerprint density at radius 3 is 2.59 bits per heavy atom. The van der Waals surface area contributed by atoms with Gasteiger partial charge in [-0.25, -0.2) is 4.79 Å². The number of hydrogen-bond donors (Lipinski definition) is 2. The molecule has 0 fully saturated rings. The van der Waals surface area contributed by atoms with Crippen LogP contribution in [0.5, 0.6) is 0 Å². The highest BCUT2D eigenvalue weighted by Crippen LogP contribution is 2.22. The van der Waals surface area contributed by atoms with E-state index in [9.17, 15) is 14.4 Å². The first-order chi connectivity index (χ1) is 13.1. The number of furan rings is 1. The van der Waals surface area contributed by atoms with Crippen molar-refractivity contribution in [1.82, 2.24) is 10.6 Å². The van der Waals surface area contributed by atoms with Gasteiger partial charge in [-0.3, -0.25) is 14.9 Å². The largest absolute Gasteiger partial charge is 0.461 e. The van der Waals surface area contributed by atoms with E-state index in [4.69, 9.17) is 13.9 Å². The van der Waals surface area contributed by atoms with E-state index in [-0.39, 0.29) is 13.0 Å². The lowest BCUT2D eigenvalue weighted by molar-refractivity contribution is -0.148. The van der Waals surface area contributed by atoms with E-state index in [0.717, 1.165) is 11.3 Å². The van der Waals surface area contributed by atoms with Crippen LogP contribution in [-0.2, 0) is 25.5 Å². The van der Waals surface area contributed by atoms with Gasteiger partial charge >= 0.3 is 12.0 Å². The molecule has 0 unspecified atom stereocenters. The zero-order chi connectivity index (χ0) is 19.5. The minimum Gasteiger partial charge on any atom is -0.461 e. The fourth-order valence-electron chi connectivity index (χ4n) is 2.19. The van der Waals surface area contributed by atoms with Crippen LogP contribution in [0, 0.1) is 0 Å². The Morgan fingerprint density at radius 1 is 1.07 bits per heavy atom. The van der Waals surface area contributed by atoms with Crippen LogP contribution in [0.15, 0.2) is 46.9 Å². The average Bonchev–Trinajstić information content (AvgIpc) is 3.15. The molecule has 0 aliphatic heterocycles. The zero-order valence-corrected chi connectivity index (χ0v) is 15.0. The summed E-state index contributed by atoms with van der Waals surface area (Å²) >= 11 is 0. The molecule has 0 bridgehead atoms. The summed E-state index contributed by atoms with van der Waals surface area (Å²) < 4.78 is 15.3. The number of nitrogens with one attached hydrogen (secondary N) is 2. The molecule has 0 spiro atoms. The van der Waals surface area contributed by atoms with Crippen LogP contribution in [0.1, 0.15) is 12.2 Å². The Balaban J connectivity index is 1.67. The minimum absolute atomic E-state index is 0.0645. The van der Waals surface area contributed by atoms with Crippen LogP contribution in [0.3, 0.4) is 0 Å². The fourth-order valence-corrected chi connectivity index (χ4v) is 2.19. The summed E-state index contributed by atoms with van der Waals surface area (Å²) in [6, 6.07) is 12.6. The molecule has 0 atom stereocenters. The monoisotopic (exact) mass is 374 g/mol. The molecule has 2 aromatic rings. The molecule has 0 radical (unpaired) electrons. The lowest BCUT2D eigenvalue weighted by Gasteiger charge is -2.07. The predicted molar refractivity (Wildman–Crippen MR) is 96.8 cm³/mol. The van der Waals surface area contributed by atoms with Crippen molar-refractivity contribution in [3.8, 4) is 11.3 Å². The van der Waals surface area contributed by atoms with Crippen molar-refractivity contribution in [1.29, 1.82) is 0 Å². The first-order valence-corrected chi connectivity index (χ1v) is 8.45. The number of ether oxygens (including phenoxy) is 2. The Bertz CT molecular complexity index is 757. The van der Waals surface area contributed by atoms with E-state index in [2.05, 4.69) is 5.32 Å². The molecular weight excluding hydrogens is 352 g/mol. The van der Waals surface area contributed by atoms with Crippen molar-refractivity contribution >= 4 is 17.9 Å². The highest BCUT2D eigenvalue weighted by molar-refractivity contribution is 5.95. The molecule has 1 heterocycles. The minimum atomic E-state index is -0.706. The van der Waals surface area contributed by atoms with E-state index in [0.29, 0.717) is 18.8 Å². The van der Waals surface area contributed by atoms with E-state index in [1.54, 1.807) is 6.07 Å². The second-order valence-corrected chi connectivity index (χ2v) is 5.59. The fraction of sp³-hybridized carbons (Fsp3) is 0.316. The molecule has 0 saturated carbocycles. The maximum absolute atomic E-state index is 11.7. The van der Waals surface area contributed by atoms with Crippen molar-refractivity contribution in [2.75, 3.05) is 26.9 Å². The summed E-state index contributed by atoms with van der Waals surface area (Å²) in [4.78, 5) is 34.6. The number of benzene rings is 1. The van der Waals surface area contributed by atoms with Crippen LogP contribution in [0.25, 0.3) is 11.3 Å². The molecule has 0 aliphatic carbocycles. The van der Waals surface area contributed by atoms with E-state index in [1.807, 2.05) is 41.7 Å². The number of hydrogen-bond acceptors (Lipinski definition) is 6. The number of carbonyl (C=O) groups excluding carboxylic acids is 3. The molecule has 8 nitrogen and oxygen atoms in total. The molecule has 2 rings (SSSR count). The highest BCUT2D eigenvalue weighted by Gasteiger charge is 2.12. The van der Waals surface area contributed by atoms with Crippen molar-refractivity contribution in [3.63, 3.8) is 0 Å². The molecule has 2 N–H and O–H groups in total. The summed E-state index contributed by atoms with van der Waals surface area (Å²) in [5.41, 5.74) is 0.951. The first kappa shape index (κ1) is 20.2. The second kappa shape index (κ2) is 10.8. The number of methoxy groups -OCH3 is 1. The number of imide groups is 1. The van der Waals surface area contributed by atoms with Crippen molar-refractivity contribution in [3.05, 3.63) is 48.2 Å². The van der Waals surface area contributed by atoms with Crippen molar-refractivity contribution < 1.29 is 28.3 Å². The van der Waals surface area contributed by atoms with Crippen molar-refractivity contribution in [2.24, 2.45) is 0 Å². The molecule has 27 heavy (non-hydrogen) atoms. The van der Waals surface area contributed by atoms with Gasteiger partial charge in [-0.1, -0.05) is 30.3 Å². The van der Waals surface area contributed by atoms with Crippen LogP contribution < -0.4 is 10.6 Å². The number of carbonyl (C=O) groups is 3. The molecule has 144 valence electrons. The standard InChI is InChI=1S/C19H22N2O6/c1-25-12-11-20-19(24)21-17(22)13-26-18(23)10-8-15-7-9-16(27-15)14-5-3-2-4-6-14/h2-7,9H,8,10-13H2,1H3,(H2,20,21,22,24).